The number of fused-ring (bicyclic) bond motifs is 1. The molecular formula is C45H78O4. The highest BCUT2D eigenvalue weighted by Gasteiger charge is 2.52. The van der Waals surface area contributed by atoms with Crippen LogP contribution in [-0.2, 0) is 4.79 Å². The lowest BCUT2D eigenvalue weighted by Gasteiger charge is -2.55. The van der Waals surface area contributed by atoms with Crippen LogP contribution in [0.15, 0.2) is 0 Å². The van der Waals surface area contributed by atoms with Gasteiger partial charge < -0.3 is 20.1 Å². The lowest BCUT2D eigenvalue weighted by atomic mass is 9.50. The molecule has 6 rings (SSSR count). The summed E-state index contributed by atoms with van der Waals surface area (Å²) in [4.78, 5) is 12.1. The van der Waals surface area contributed by atoms with Gasteiger partial charge in [-0.25, -0.2) is 0 Å². The smallest absolute Gasteiger partial charge is 0.123 e. The molecule has 6 aliphatic rings. The summed E-state index contributed by atoms with van der Waals surface area (Å²) in [7, 11) is 0. The van der Waals surface area contributed by atoms with Crippen molar-refractivity contribution in [1.82, 2.24) is 0 Å². The van der Waals surface area contributed by atoms with Gasteiger partial charge >= 0.3 is 0 Å². The topological polar surface area (TPSA) is 77.8 Å². The number of hydrogen-bond acceptors (Lipinski definition) is 4. The summed E-state index contributed by atoms with van der Waals surface area (Å²) in [6.45, 7) is 19.1. The van der Waals surface area contributed by atoms with Gasteiger partial charge in [0.05, 0.1) is 18.3 Å². The van der Waals surface area contributed by atoms with Crippen LogP contribution in [0.3, 0.4) is 0 Å². The van der Waals surface area contributed by atoms with E-state index >= 15 is 0 Å². The van der Waals surface area contributed by atoms with E-state index in [1.807, 2.05) is 0 Å². The highest BCUT2D eigenvalue weighted by atomic mass is 16.3. The lowest BCUT2D eigenvalue weighted by molar-refractivity contribution is -0.116. The average Bonchev–Trinajstić information content (AvgIpc) is 3.05. The second kappa shape index (κ2) is 15.9. The third-order valence-electron chi connectivity index (χ3n) is 17.6. The maximum absolute atomic E-state index is 12.1. The first kappa shape index (κ1) is 38.3. The number of carbonyl (C=O) groups excluding carboxylic acids is 1. The molecule has 6 aliphatic carbocycles. The van der Waals surface area contributed by atoms with E-state index in [1.165, 1.54) is 70.5 Å². The van der Waals surface area contributed by atoms with Gasteiger partial charge in [0.15, 0.2) is 0 Å². The first-order valence-corrected chi connectivity index (χ1v) is 21.8. The second-order valence-corrected chi connectivity index (χ2v) is 20.7. The summed E-state index contributed by atoms with van der Waals surface area (Å²) < 4.78 is 0. The van der Waals surface area contributed by atoms with Crippen molar-refractivity contribution < 1.29 is 20.1 Å². The van der Waals surface area contributed by atoms with Gasteiger partial charge in [0.1, 0.15) is 6.29 Å². The van der Waals surface area contributed by atoms with Crippen LogP contribution in [0.25, 0.3) is 0 Å². The van der Waals surface area contributed by atoms with Crippen molar-refractivity contribution in [3.63, 3.8) is 0 Å². The molecule has 0 amide bonds. The summed E-state index contributed by atoms with van der Waals surface area (Å²) in [6.07, 6.45) is 17.9. The minimum Gasteiger partial charge on any atom is -0.393 e. The van der Waals surface area contributed by atoms with Gasteiger partial charge in [0.25, 0.3) is 0 Å². The van der Waals surface area contributed by atoms with Gasteiger partial charge in [-0.15, -0.1) is 0 Å². The van der Waals surface area contributed by atoms with Crippen molar-refractivity contribution in [2.24, 2.45) is 112 Å². The molecule has 0 aromatic carbocycles. The van der Waals surface area contributed by atoms with Crippen LogP contribution in [0.5, 0.6) is 0 Å². The van der Waals surface area contributed by atoms with Crippen LogP contribution in [0.1, 0.15) is 145 Å². The van der Waals surface area contributed by atoms with Gasteiger partial charge in [0.2, 0.25) is 0 Å². The van der Waals surface area contributed by atoms with E-state index in [0.29, 0.717) is 82.9 Å². The molecule has 4 nitrogen and oxygen atoms in total. The normalized spacial score (nSPS) is 54.0. The van der Waals surface area contributed by atoms with Crippen LogP contribution in [0, 0.1) is 112 Å². The van der Waals surface area contributed by atoms with Gasteiger partial charge in [-0.3, -0.25) is 0 Å². The zero-order valence-corrected chi connectivity index (χ0v) is 32.9. The molecule has 0 radical (unpaired) electrons. The van der Waals surface area contributed by atoms with E-state index < -0.39 is 0 Å². The Hall–Kier alpha value is -0.450. The van der Waals surface area contributed by atoms with Crippen LogP contribution >= 0.6 is 0 Å². The molecule has 49 heavy (non-hydrogen) atoms. The van der Waals surface area contributed by atoms with Crippen molar-refractivity contribution in [3.8, 4) is 0 Å². The minimum atomic E-state index is -0.155. The Morgan fingerprint density at radius 3 is 1.12 bits per heavy atom. The fourth-order valence-corrected chi connectivity index (χ4v) is 14.5. The molecule has 0 aromatic rings. The molecule has 6 saturated carbocycles. The number of aldehydes is 1. The average molecular weight is 683 g/mol. The Kier molecular flexibility index (Phi) is 12.4. The quantitative estimate of drug-likeness (QED) is 0.234. The molecule has 22 atom stereocenters. The Bertz CT molecular complexity index is 1050. The first-order valence-electron chi connectivity index (χ1n) is 21.8. The van der Waals surface area contributed by atoms with Crippen LogP contribution in [0.2, 0.25) is 0 Å². The molecule has 21 unspecified atom stereocenters. The number of aliphatic hydroxyl groups excluding tert-OH is 3. The van der Waals surface area contributed by atoms with E-state index in [-0.39, 0.29) is 24.2 Å². The molecule has 0 saturated heterocycles. The Morgan fingerprint density at radius 1 is 0.408 bits per heavy atom. The number of aliphatic hydroxyl groups is 3. The summed E-state index contributed by atoms with van der Waals surface area (Å²) >= 11 is 0. The largest absolute Gasteiger partial charge is 0.393 e. The van der Waals surface area contributed by atoms with E-state index in [0.717, 1.165) is 49.4 Å². The number of hydrogen-bond donors (Lipinski definition) is 3. The van der Waals surface area contributed by atoms with Crippen molar-refractivity contribution in [2.45, 2.75) is 164 Å². The van der Waals surface area contributed by atoms with Crippen molar-refractivity contribution in [3.05, 3.63) is 0 Å². The molecule has 3 N–H and O–H groups in total. The van der Waals surface area contributed by atoms with Crippen LogP contribution in [0.4, 0.5) is 0 Å². The van der Waals surface area contributed by atoms with Crippen LogP contribution < -0.4 is 0 Å². The maximum atomic E-state index is 12.1. The fraction of sp³-hybridized carbons (Fsp3) is 0.978. The predicted molar refractivity (Wildman–Crippen MR) is 200 cm³/mol. The Morgan fingerprint density at radius 2 is 0.755 bits per heavy atom. The van der Waals surface area contributed by atoms with Gasteiger partial charge in [0, 0.05) is 5.92 Å². The summed E-state index contributed by atoms with van der Waals surface area (Å²) in [5, 5.41) is 32.7. The monoisotopic (exact) mass is 683 g/mol. The molecule has 282 valence electrons. The molecule has 4 heteroatoms. The fourth-order valence-electron chi connectivity index (χ4n) is 14.5. The highest BCUT2D eigenvalue weighted by molar-refractivity contribution is 5.54. The zero-order valence-electron chi connectivity index (χ0n) is 32.9. The molecule has 0 bridgehead atoms. The molecule has 0 spiro atoms. The Balaban J connectivity index is 1.26. The number of carbonyl (C=O) groups is 1. The van der Waals surface area contributed by atoms with Gasteiger partial charge in [-0.05, 0) is 196 Å². The lowest BCUT2D eigenvalue weighted by Crippen LogP contribution is -2.49. The first-order chi connectivity index (χ1) is 23.3. The molecule has 6 fully saturated rings. The second-order valence-electron chi connectivity index (χ2n) is 20.7. The van der Waals surface area contributed by atoms with E-state index in [4.69, 9.17) is 0 Å². The number of rotatable bonds is 7. The predicted octanol–water partition coefficient (Wildman–Crippen LogP) is 9.68. The van der Waals surface area contributed by atoms with E-state index in [2.05, 4.69) is 55.4 Å². The summed E-state index contributed by atoms with van der Waals surface area (Å²) in [5.41, 5.74) is 0. The maximum Gasteiger partial charge on any atom is 0.123 e. The van der Waals surface area contributed by atoms with Crippen LogP contribution in [-0.4, -0.2) is 39.9 Å². The van der Waals surface area contributed by atoms with Gasteiger partial charge in [-0.2, -0.15) is 0 Å². The SMILES string of the molecule is CC1CC(C(C2CCC3CCC(C(C4CC(C)C(O)CC4C)C4C[C@H](C)C(O)CC4C)CC3C2)C2CC(C)C(C=O)CC2C)C(C)CC1O. The minimum absolute atomic E-state index is 0.152. The standard InChI is InChI=1S/C45H78O4/c1-24-14-37(25(2)13-36(24)23-46)44(38-15-29(6)41(47)18-26(38)3)33-11-9-32-10-12-34(22-35(32)21-33)45(39-16-30(7)42(48)19-27(39)4)40-17-31(8)43(49)20-28(40)5/h23-45,47-49H,9-22H2,1-8H3/t24?,25?,26?,27?,28?,29?,30-,31?,32?,33?,34?,35?,36?,37?,38?,39?,40?,41?,42?,43?,44?,45?/m0/s1. The molecule has 0 aliphatic heterocycles. The summed E-state index contributed by atoms with van der Waals surface area (Å²) in [5.74, 6) is 11.6. The summed E-state index contributed by atoms with van der Waals surface area (Å²) in [6, 6.07) is 0. The third-order valence-corrected chi connectivity index (χ3v) is 17.6. The zero-order chi connectivity index (χ0) is 35.3. The molecule has 0 aromatic heterocycles. The van der Waals surface area contributed by atoms with Gasteiger partial charge in [-0.1, -0.05) is 55.4 Å². The highest BCUT2D eigenvalue weighted by Crippen LogP contribution is 2.59. The van der Waals surface area contributed by atoms with E-state index in [1.54, 1.807) is 0 Å². The van der Waals surface area contributed by atoms with Crippen molar-refractivity contribution >= 4 is 6.29 Å². The van der Waals surface area contributed by atoms with Crippen molar-refractivity contribution in [2.75, 3.05) is 0 Å². The third kappa shape index (κ3) is 7.93. The van der Waals surface area contributed by atoms with E-state index in [9.17, 15) is 20.1 Å². The molecule has 0 heterocycles. The van der Waals surface area contributed by atoms with Crippen molar-refractivity contribution in [1.29, 1.82) is 0 Å². The Labute approximate surface area is 301 Å². The molecular weight excluding hydrogens is 604 g/mol.